The van der Waals surface area contributed by atoms with Crippen molar-refractivity contribution >= 4 is 29.8 Å². The highest BCUT2D eigenvalue weighted by Gasteiger charge is 2.38. The number of methoxy groups -OCH3 is 1. The number of hydrogen-bond acceptors (Lipinski definition) is 7. The first-order valence-corrected chi connectivity index (χ1v) is 11.8. The van der Waals surface area contributed by atoms with E-state index >= 15 is 0 Å². The first-order valence-electron chi connectivity index (χ1n) is 11.8. The third kappa shape index (κ3) is 9.93. The van der Waals surface area contributed by atoms with E-state index in [2.05, 4.69) is 15.4 Å². The number of primary amides is 1. The summed E-state index contributed by atoms with van der Waals surface area (Å²) in [6.45, 7) is 8.25. The van der Waals surface area contributed by atoms with Crippen LogP contribution in [0.25, 0.3) is 0 Å². The lowest BCUT2D eigenvalue weighted by Crippen LogP contribution is -2.55. The number of amides is 4. The Labute approximate surface area is 212 Å². The maximum atomic E-state index is 13.9. The quantitative estimate of drug-likeness (QED) is 0.365. The van der Waals surface area contributed by atoms with Crippen molar-refractivity contribution in [3.05, 3.63) is 35.9 Å². The minimum atomic E-state index is -1.19. The summed E-state index contributed by atoms with van der Waals surface area (Å²) in [5.41, 5.74) is 4.98. The highest BCUT2D eigenvalue weighted by Crippen LogP contribution is 2.26. The summed E-state index contributed by atoms with van der Waals surface area (Å²) in [6, 6.07) is 5.80. The third-order valence-electron chi connectivity index (χ3n) is 5.27. The van der Waals surface area contributed by atoms with Crippen LogP contribution in [0.1, 0.15) is 65.5 Å². The van der Waals surface area contributed by atoms with E-state index in [1.54, 1.807) is 58.0 Å². The Balaban J connectivity index is 3.46. The number of rotatable bonds is 12. The Kier molecular flexibility index (Phi) is 11.9. The number of nitrogens with zero attached hydrogens (tertiary/aromatic N) is 1. The Morgan fingerprint density at radius 1 is 1.08 bits per heavy atom. The van der Waals surface area contributed by atoms with Crippen molar-refractivity contribution in [2.45, 2.75) is 77.6 Å². The molecule has 1 rings (SSSR count). The lowest BCUT2D eigenvalue weighted by Gasteiger charge is -2.38. The molecule has 0 heterocycles. The highest BCUT2D eigenvalue weighted by atomic mass is 16.6. The molecule has 0 saturated carbocycles. The zero-order valence-corrected chi connectivity index (χ0v) is 21.8. The van der Waals surface area contributed by atoms with Gasteiger partial charge in [0.25, 0.3) is 0 Å². The lowest BCUT2D eigenvalue weighted by atomic mass is 9.99. The fourth-order valence-electron chi connectivity index (χ4n) is 3.37. The molecule has 1 aromatic rings. The van der Waals surface area contributed by atoms with Gasteiger partial charge in [-0.2, -0.15) is 0 Å². The number of hydrogen-bond donors (Lipinski definition) is 3. The minimum Gasteiger partial charge on any atom is -0.468 e. The molecular weight excluding hydrogens is 468 g/mol. The Morgan fingerprint density at radius 3 is 2.19 bits per heavy atom. The van der Waals surface area contributed by atoms with Crippen molar-refractivity contribution in [1.82, 2.24) is 15.5 Å². The molecule has 200 valence electrons. The van der Waals surface area contributed by atoms with Gasteiger partial charge in [0.2, 0.25) is 17.7 Å². The van der Waals surface area contributed by atoms with E-state index in [0.29, 0.717) is 12.0 Å². The van der Waals surface area contributed by atoms with E-state index in [1.807, 2.05) is 6.92 Å². The molecule has 3 unspecified atom stereocenters. The number of benzene rings is 1. The maximum absolute atomic E-state index is 13.9. The number of esters is 1. The summed E-state index contributed by atoms with van der Waals surface area (Å²) in [5, 5.41) is 5.04. The van der Waals surface area contributed by atoms with Crippen LogP contribution >= 0.6 is 0 Å². The number of nitrogens with one attached hydrogen (secondary N) is 2. The zero-order chi connectivity index (χ0) is 27.5. The van der Waals surface area contributed by atoms with E-state index in [-0.39, 0.29) is 19.4 Å². The topological polar surface area (TPSA) is 157 Å². The fourth-order valence-corrected chi connectivity index (χ4v) is 3.37. The predicted molar refractivity (Wildman–Crippen MR) is 132 cm³/mol. The van der Waals surface area contributed by atoms with Crippen molar-refractivity contribution in [1.29, 1.82) is 0 Å². The van der Waals surface area contributed by atoms with Crippen LogP contribution in [0.5, 0.6) is 0 Å². The van der Waals surface area contributed by atoms with Crippen LogP contribution in [0.2, 0.25) is 0 Å². The molecular formula is C25H38N4O7. The van der Waals surface area contributed by atoms with Crippen LogP contribution < -0.4 is 16.4 Å². The minimum absolute atomic E-state index is 0.0916. The molecule has 0 spiro atoms. The number of nitrogens with two attached hydrogens (primary N) is 1. The van der Waals surface area contributed by atoms with E-state index in [9.17, 15) is 24.0 Å². The van der Waals surface area contributed by atoms with Gasteiger partial charge in [0.1, 0.15) is 24.2 Å². The van der Waals surface area contributed by atoms with Crippen LogP contribution in [0.4, 0.5) is 4.79 Å². The molecule has 11 nitrogen and oxygen atoms in total. The Bertz CT molecular complexity index is 915. The molecule has 0 radical (unpaired) electrons. The van der Waals surface area contributed by atoms with Gasteiger partial charge in [-0.05, 0) is 46.1 Å². The second-order valence-corrected chi connectivity index (χ2v) is 9.31. The van der Waals surface area contributed by atoms with E-state index in [1.165, 1.54) is 12.0 Å². The number of ether oxygens (including phenoxy) is 2. The molecule has 0 aliphatic rings. The van der Waals surface area contributed by atoms with Crippen LogP contribution in [-0.4, -0.2) is 66.0 Å². The summed E-state index contributed by atoms with van der Waals surface area (Å²) in [7, 11) is 1.20. The number of carbonyl (C=O) groups excluding carboxylic acids is 5. The summed E-state index contributed by atoms with van der Waals surface area (Å²) in [6.07, 6.45) is -0.633. The number of alkyl carbamates (subject to hydrolysis) is 1. The Morgan fingerprint density at radius 2 is 1.69 bits per heavy atom. The second-order valence-electron chi connectivity index (χ2n) is 9.31. The molecule has 0 aliphatic heterocycles. The van der Waals surface area contributed by atoms with Crippen LogP contribution in [0.3, 0.4) is 0 Å². The second kappa shape index (κ2) is 14.1. The molecule has 1 aromatic carbocycles. The summed E-state index contributed by atoms with van der Waals surface area (Å²) < 4.78 is 9.89. The molecule has 0 bridgehead atoms. The van der Waals surface area contributed by atoms with Gasteiger partial charge in [0, 0.05) is 12.5 Å². The summed E-state index contributed by atoms with van der Waals surface area (Å²) in [5.74, 6) is -2.50. The molecule has 4 N–H and O–H groups in total. The maximum Gasteiger partial charge on any atom is 0.408 e. The third-order valence-corrected chi connectivity index (χ3v) is 5.27. The zero-order valence-electron chi connectivity index (χ0n) is 21.8. The van der Waals surface area contributed by atoms with Crippen LogP contribution in [0.15, 0.2) is 30.3 Å². The molecule has 11 heteroatoms. The van der Waals surface area contributed by atoms with Gasteiger partial charge in [0.05, 0.1) is 7.11 Å². The molecule has 0 aromatic heterocycles. The molecule has 0 saturated heterocycles. The standard InChI is InChI=1S/C25H38N4O7/c1-7-16(2)29(21(17-11-9-8-10-12-17)22(32)27-15-20(31)35-6)23(33)18(13-14-19(26)30)28-24(34)36-25(3,4)5/h8-12,16,18,21H,7,13-15H2,1-6H3,(H2,26,30)(H,27,32)(H,28,34). The largest absolute Gasteiger partial charge is 0.468 e. The van der Waals surface area contributed by atoms with Gasteiger partial charge >= 0.3 is 12.1 Å². The number of carbonyl (C=O) groups is 5. The van der Waals surface area contributed by atoms with Crippen molar-refractivity contribution in [2.75, 3.05) is 13.7 Å². The molecule has 0 aliphatic carbocycles. The average molecular weight is 507 g/mol. The highest BCUT2D eigenvalue weighted by molar-refractivity contribution is 5.93. The molecule has 3 atom stereocenters. The lowest BCUT2D eigenvalue weighted by molar-refractivity contribution is -0.146. The van der Waals surface area contributed by atoms with Gasteiger partial charge in [0.15, 0.2) is 0 Å². The van der Waals surface area contributed by atoms with Crippen molar-refractivity contribution < 1.29 is 33.4 Å². The van der Waals surface area contributed by atoms with Crippen molar-refractivity contribution in [2.24, 2.45) is 5.73 Å². The van der Waals surface area contributed by atoms with Crippen LogP contribution in [0, 0.1) is 0 Å². The van der Waals surface area contributed by atoms with Gasteiger partial charge in [-0.3, -0.25) is 19.2 Å². The smallest absolute Gasteiger partial charge is 0.408 e. The van der Waals surface area contributed by atoms with Gasteiger partial charge in [-0.1, -0.05) is 37.3 Å². The van der Waals surface area contributed by atoms with Crippen molar-refractivity contribution in [3.8, 4) is 0 Å². The van der Waals surface area contributed by atoms with E-state index < -0.39 is 53.5 Å². The molecule has 4 amide bonds. The van der Waals surface area contributed by atoms with E-state index in [0.717, 1.165) is 0 Å². The first kappa shape index (κ1) is 30.4. The normalized spacial score (nSPS) is 13.5. The first-order chi connectivity index (χ1) is 16.8. The fraction of sp³-hybridized carbons (Fsp3) is 0.560. The van der Waals surface area contributed by atoms with Crippen molar-refractivity contribution in [3.63, 3.8) is 0 Å². The Hall–Kier alpha value is -3.63. The molecule has 36 heavy (non-hydrogen) atoms. The average Bonchev–Trinajstić information content (AvgIpc) is 2.81. The van der Waals surface area contributed by atoms with Gasteiger partial charge in [-0.15, -0.1) is 0 Å². The SMILES string of the molecule is CCC(C)N(C(=O)C(CCC(N)=O)NC(=O)OC(C)(C)C)C(C(=O)NCC(=O)OC)c1ccccc1. The van der Waals surface area contributed by atoms with Gasteiger partial charge in [-0.25, -0.2) is 4.79 Å². The van der Waals surface area contributed by atoms with Gasteiger partial charge < -0.3 is 30.7 Å². The predicted octanol–water partition coefficient (Wildman–Crippen LogP) is 1.80. The van der Waals surface area contributed by atoms with E-state index in [4.69, 9.17) is 10.5 Å². The molecule has 0 fully saturated rings. The monoisotopic (exact) mass is 506 g/mol. The van der Waals surface area contributed by atoms with Crippen LogP contribution in [-0.2, 0) is 28.7 Å². The summed E-state index contributed by atoms with van der Waals surface area (Å²) in [4.78, 5) is 64.2. The summed E-state index contributed by atoms with van der Waals surface area (Å²) >= 11 is 0.